The van der Waals surface area contributed by atoms with Crippen LogP contribution in [0.2, 0.25) is 0 Å². The van der Waals surface area contributed by atoms with Crippen LogP contribution in [0.3, 0.4) is 0 Å². The molecule has 0 atom stereocenters. The number of fused-ring (bicyclic) bond motifs is 1. The highest BCUT2D eigenvalue weighted by Gasteiger charge is 2.15. The summed E-state index contributed by atoms with van der Waals surface area (Å²) in [6.45, 7) is 0.574. The molecular formula is C20H19N5O3S2. The molecule has 30 heavy (non-hydrogen) atoms. The monoisotopic (exact) mass is 441 g/mol. The minimum atomic E-state index is -0.672. The average Bonchev–Trinajstić information content (AvgIpc) is 3.50. The summed E-state index contributed by atoms with van der Waals surface area (Å²) in [7, 11) is 1.58. The highest BCUT2D eigenvalue weighted by Crippen LogP contribution is 2.24. The van der Waals surface area contributed by atoms with Crippen LogP contribution in [0.25, 0.3) is 15.7 Å². The van der Waals surface area contributed by atoms with E-state index in [1.165, 1.54) is 11.3 Å². The average molecular weight is 442 g/mol. The van der Waals surface area contributed by atoms with E-state index in [1.54, 1.807) is 23.0 Å². The third-order valence-electron chi connectivity index (χ3n) is 4.35. The molecule has 3 heterocycles. The van der Waals surface area contributed by atoms with Crippen LogP contribution in [0, 0.1) is 0 Å². The van der Waals surface area contributed by atoms with E-state index < -0.39 is 11.8 Å². The summed E-state index contributed by atoms with van der Waals surface area (Å²) in [4.78, 5) is 30.4. The lowest BCUT2D eigenvalue weighted by Gasteiger charge is -2.07. The molecule has 0 aliphatic carbocycles. The minimum absolute atomic E-state index is 0.249. The van der Waals surface area contributed by atoms with Crippen LogP contribution in [0.4, 0.5) is 0 Å². The van der Waals surface area contributed by atoms with Crippen molar-refractivity contribution in [3.8, 4) is 16.5 Å². The fraction of sp³-hybridized carbons (Fsp3) is 0.200. The Morgan fingerprint density at radius 1 is 1.13 bits per heavy atom. The predicted molar refractivity (Wildman–Crippen MR) is 116 cm³/mol. The standard InChI is InChI=1S/C20H19N5O3S2/c1-28-15-5-2-4-13(10-15)11-22-19(27)18(26)21-8-7-14-12-30-20-23-17(24-25(14)20)16-6-3-9-29-16/h2-6,9-10,12H,7-8,11H2,1H3,(H,21,26)(H,22,27). The van der Waals surface area contributed by atoms with Gasteiger partial charge in [-0.3, -0.25) is 9.59 Å². The molecule has 0 spiro atoms. The van der Waals surface area contributed by atoms with Gasteiger partial charge in [0, 0.05) is 24.9 Å². The Hall–Kier alpha value is -3.24. The maximum atomic E-state index is 12.1. The number of ether oxygens (including phenoxy) is 1. The van der Waals surface area contributed by atoms with Crippen molar-refractivity contribution in [2.75, 3.05) is 13.7 Å². The Morgan fingerprint density at radius 3 is 2.80 bits per heavy atom. The van der Waals surface area contributed by atoms with Crippen LogP contribution < -0.4 is 15.4 Å². The van der Waals surface area contributed by atoms with E-state index in [4.69, 9.17) is 4.74 Å². The van der Waals surface area contributed by atoms with Crippen molar-refractivity contribution in [1.29, 1.82) is 0 Å². The van der Waals surface area contributed by atoms with Gasteiger partial charge in [0.25, 0.3) is 0 Å². The van der Waals surface area contributed by atoms with Gasteiger partial charge in [0.2, 0.25) is 4.96 Å². The quantitative estimate of drug-likeness (QED) is 0.430. The van der Waals surface area contributed by atoms with E-state index in [-0.39, 0.29) is 6.54 Å². The van der Waals surface area contributed by atoms with Crippen LogP contribution >= 0.6 is 22.7 Å². The zero-order chi connectivity index (χ0) is 20.9. The van der Waals surface area contributed by atoms with Crippen LogP contribution in [-0.2, 0) is 22.6 Å². The normalized spacial score (nSPS) is 10.8. The molecule has 0 bridgehead atoms. The zero-order valence-corrected chi connectivity index (χ0v) is 17.8. The van der Waals surface area contributed by atoms with E-state index in [2.05, 4.69) is 20.7 Å². The fourth-order valence-electron chi connectivity index (χ4n) is 2.84. The smallest absolute Gasteiger partial charge is 0.309 e. The van der Waals surface area contributed by atoms with Gasteiger partial charge in [-0.25, -0.2) is 4.52 Å². The Kier molecular flexibility index (Phi) is 6.05. The number of rotatable bonds is 7. The molecule has 10 heteroatoms. The Balaban J connectivity index is 1.28. The number of hydrogen-bond acceptors (Lipinski definition) is 7. The van der Waals surface area contributed by atoms with Crippen LogP contribution in [0.15, 0.2) is 47.2 Å². The summed E-state index contributed by atoms with van der Waals surface area (Å²) in [5.74, 6) is 0.0546. The molecule has 2 amide bonds. The summed E-state index contributed by atoms with van der Waals surface area (Å²) in [6, 6.07) is 11.3. The van der Waals surface area contributed by atoms with Crippen LogP contribution in [0.1, 0.15) is 11.3 Å². The SMILES string of the molecule is COc1cccc(CNC(=O)C(=O)NCCc2csc3nc(-c4cccs4)nn23)c1. The molecule has 4 aromatic rings. The number of methoxy groups -OCH3 is 1. The second-order valence-corrected chi connectivity index (χ2v) is 8.16. The Labute approximate surface area is 180 Å². The molecule has 0 radical (unpaired) electrons. The molecule has 3 aromatic heterocycles. The first-order valence-electron chi connectivity index (χ1n) is 9.20. The van der Waals surface area contributed by atoms with Gasteiger partial charge in [0.05, 0.1) is 17.7 Å². The Bertz CT molecular complexity index is 1170. The molecule has 0 aliphatic rings. The van der Waals surface area contributed by atoms with Crippen molar-refractivity contribution < 1.29 is 14.3 Å². The van der Waals surface area contributed by atoms with Crippen molar-refractivity contribution in [3.63, 3.8) is 0 Å². The first-order valence-corrected chi connectivity index (χ1v) is 11.0. The first kappa shape index (κ1) is 20.0. The summed E-state index contributed by atoms with van der Waals surface area (Å²) in [6.07, 6.45) is 0.544. The second-order valence-electron chi connectivity index (χ2n) is 6.37. The molecule has 0 saturated heterocycles. The van der Waals surface area contributed by atoms with Crippen LogP contribution in [-0.4, -0.2) is 40.1 Å². The van der Waals surface area contributed by atoms with E-state index in [0.717, 1.165) is 21.1 Å². The lowest BCUT2D eigenvalue weighted by atomic mass is 10.2. The number of thiazole rings is 1. The van der Waals surface area contributed by atoms with Gasteiger partial charge in [0.1, 0.15) is 5.75 Å². The predicted octanol–water partition coefficient (Wildman–Crippen LogP) is 2.50. The van der Waals surface area contributed by atoms with E-state index in [9.17, 15) is 9.59 Å². The number of thiophene rings is 1. The van der Waals surface area contributed by atoms with Crippen molar-refractivity contribution in [2.24, 2.45) is 0 Å². The number of carbonyl (C=O) groups is 2. The zero-order valence-electron chi connectivity index (χ0n) is 16.1. The van der Waals surface area contributed by atoms with Crippen molar-refractivity contribution in [3.05, 3.63) is 58.4 Å². The number of benzene rings is 1. The summed E-state index contributed by atoms with van der Waals surface area (Å²) >= 11 is 3.09. The van der Waals surface area contributed by atoms with Gasteiger partial charge in [-0.15, -0.1) is 27.8 Å². The molecule has 4 rings (SSSR count). The summed E-state index contributed by atoms with van der Waals surface area (Å²) < 4.78 is 6.93. The first-order chi connectivity index (χ1) is 14.6. The number of carbonyl (C=O) groups excluding carboxylic acids is 2. The van der Waals surface area contributed by atoms with Crippen molar-refractivity contribution >= 4 is 39.4 Å². The maximum absolute atomic E-state index is 12.1. The number of amides is 2. The molecule has 2 N–H and O–H groups in total. The third-order valence-corrected chi connectivity index (χ3v) is 6.08. The number of aromatic nitrogens is 3. The molecule has 8 nitrogen and oxygen atoms in total. The van der Waals surface area contributed by atoms with Gasteiger partial charge in [0.15, 0.2) is 5.82 Å². The summed E-state index contributed by atoms with van der Waals surface area (Å²) in [5.41, 5.74) is 1.78. The minimum Gasteiger partial charge on any atom is -0.497 e. The molecule has 0 unspecified atom stereocenters. The Morgan fingerprint density at radius 2 is 2.00 bits per heavy atom. The third kappa shape index (κ3) is 4.50. The summed E-state index contributed by atoms with van der Waals surface area (Å²) in [5, 5.41) is 13.8. The van der Waals surface area contributed by atoms with Crippen molar-refractivity contribution in [2.45, 2.75) is 13.0 Å². The number of nitrogens with zero attached hydrogens (tertiary/aromatic N) is 3. The van der Waals surface area contributed by atoms with Gasteiger partial charge in [-0.2, -0.15) is 4.98 Å². The second kappa shape index (κ2) is 9.06. The van der Waals surface area contributed by atoms with E-state index in [1.807, 2.05) is 47.2 Å². The number of nitrogens with one attached hydrogen (secondary N) is 2. The van der Waals surface area contributed by atoms with E-state index in [0.29, 0.717) is 24.5 Å². The molecular weight excluding hydrogens is 422 g/mol. The molecule has 0 fully saturated rings. The van der Waals surface area contributed by atoms with Gasteiger partial charge in [-0.05, 0) is 29.1 Å². The highest BCUT2D eigenvalue weighted by atomic mass is 32.1. The largest absolute Gasteiger partial charge is 0.497 e. The topological polar surface area (TPSA) is 97.6 Å². The van der Waals surface area contributed by atoms with Crippen LogP contribution in [0.5, 0.6) is 5.75 Å². The maximum Gasteiger partial charge on any atom is 0.309 e. The molecule has 1 aromatic carbocycles. The molecule has 154 valence electrons. The van der Waals surface area contributed by atoms with E-state index >= 15 is 0 Å². The lowest BCUT2D eigenvalue weighted by Crippen LogP contribution is -2.40. The number of hydrogen-bond donors (Lipinski definition) is 2. The molecule has 0 saturated carbocycles. The van der Waals surface area contributed by atoms with Gasteiger partial charge in [-0.1, -0.05) is 18.2 Å². The lowest BCUT2D eigenvalue weighted by molar-refractivity contribution is -0.139. The van der Waals surface area contributed by atoms with Gasteiger partial charge < -0.3 is 15.4 Å². The fourth-order valence-corrected chi connectivity index (χ4v) is 4.35. The highest BCUT2D eigenvalue weighted by molar-refractivity contribution is 7.15. The molecule has 0 aliphatic heterocycles. The van der Waals surface area contributed by atoms with Gasteiger partial charge >= 0.3 is 11.8 Å². The van der Waals surface area contributed by atoms with Crippen molar-refractivity contribution in [1.82, 2.24) is 25.2 Å².